The fourth-order valence-corrected chi connectivity index (χ4v) is 2.67. The maximum atomic E-state index is 10.9. The van der Waals surface area contributed by atoms with E-state index in [0.717, 1.165) is 12.1 Å². The van der Waals surface area contributed by atoms with Crippen LogP contribution in [0.1, 0.15) is 38.7 Å². The molecular weight excluding hydrogens is 282 g/mol. The van der Waals surface area contributed by atoms with Crippen molar-refractivity contribution < 1.29 is 5.11 Å². The highest BCUT2D eigenvalue weighted by molar-refractivity contribution is 5.85. The first-order valence-corrected chi connectivity index (χ1v) is 7.59. The number of rotatable bonds is 4. The minimum atomic E-state index is -0.848. The van der Waals surface area contributed by atoms with Gasteiger partial charge in [0.15, 0.2) is 0 Å². The fourth-order valence-electron chi connectivity index (χ4n) is 2.67. The van der Waals surface area contributed by atoms with Crippen molar-refractivity contribution >= 4 is 12.4 Å². The molecule has 0 radical (unpaired) electrons. The van der Waals surface area contributed by atoms with E-state index in [1.807, 2.05) is 30.3 Å². The molecule has 1 atom stereocenters. The summed E-state index contributed by atoms with van der Waals surface area (Å²) in [5, 5.41) is 10.9. The van der Waals surface area contributed by atoms with Crippen LogP contribution in [-0.4, -0.2) is 29.6 Å². The van der Waals surface area contributed by atoms with E-state index in [9.17, 15) is 5.11 Å². The molecule has 1 N–H and O–H groups in total. The first-order valence-electron chi connectivity index (χ1n) is 7.59. The largest absolute Gasteiger partial charge is 0.384 e. The quantitative estimate of drug-likeness (QED) is 0.861. The van der Waals surface area contributed by atoms with Crippen molar-refractivity contribution in [3.8, 4) is 11.8 Å². The van der Waals surface area contributed by atoms with Gasteiger partial charge in [0.05, 0.1) is 6.54 Å². The van der Waals surface area contributed by atoms with Crippen LogP contribution in [0.3, 0.4) is 0 Å². The summed E-state index contributed by atoms with van der Waals surface area (Å²) >= 11 is 0. The van der Waals surface area contributed by atoms with E-state index in [1.165, 1.54) is 25.9 Å². The third kappa shape index (κ3) is 4.74. The molecule has 1 saturated heterocycles. The Morgan fingerprint density at radius 3 is 2.33 bits per heavy atom. The lowest BCUT2D eigenvalue weighted by Crippen LogP contribution is -2.31. The summed E-state index contributed by atoms with van der Waals surface area (Å²) in [5.41, 5.74) is 0.115. The van der Waals surface area contributed by atoms with Crippen molar-refractivity contribution in [2.75, 3.05) is 19.6 Å². The van der Waals surface area contributed by atoms with E-state index in [-0.39, 0.29) is 18.3 Å². The van der Waals surface area contributed by atoms with Crippen LogP contribution in [0.5, 0.6) is 0 Å². The Kier molecular flexibility index (Phi) is 7.25. The molecule has 0 spiro atoms. The molecule has 1 aliphatic rings. The van der Waals surface area contributed by atoms with Gasteiger partial charge in [0, 0.05) is 6.42 Å². The van der Waals surface area contributed by atoms with Gasteiger partial charge in [-0.1, -0.05) is 56.0 Å². The van der Waals surface area contributed by atoms with Crippen LogP contribution in [0.4, 0.5) is 0 Å². The normalized spacial score (nSPS) is 17.7. The molecule has 0 saturated carbocycles. The van der Waals surface area contributed by atoms with Crippen LogP contribution in [-0.2, 0) is 5.60 Å². The second-order valence-electron chi connectivity index (χ2n) is 5.96. The summed E-state index contributed by atoms with van der Waals surface area (Å²) in [6.45, 7) is 7.27. The smallest absolute Gasteiger partial charge is 0.103 e. The van der Waals surface area contributed by atoms with Crippen molar-refractivity contribution in [2.24, 2.45) is 5.92 Å². The maximum absolute atomic E-state index is 10.9. The molecule has 21 heavy (non-hydrogen) atoms. The van der Waals surface area contributed by atoms with E-state index in [0.29, 0.717) is 6.42 Å². The van der Waals surface area contributed by atoms with E-state index >= 15 is 0 Å². The maximum Gasteiger partial charge on any atom is 0.103 e. The van der Waals surface area contributed by atoms with Gasteiger partial charge in [0.1, 0.15) is 5.60 Å². The monoisotopic (exact) mass is 307 g/mol. The highest BCUT2D eigenvalue weighted by atomic mass is 35.5. The third-order valence-electron chi connectivity index (χ3n) is 4.21. The molecule has 0 bridgehead atoms. The van der Waals surface area contributed by atoms with Crippen LogP contribution in [0.25, 0.3) is 0 Å². The van der Waals surface area contributed by atoms with Crippen LogP contribution in [0, 0.1) is 17.8 Å². The van der Waals surface area contributed by atoms with Gasteiger partial charge in [-0.25, -0.2) is 0 Å². The Bertz CT molecular complexity index is 471. The number of nitrogens with zero attached hydrogens (tertiary/aromatic N) is 1. The summed E-state index contributed by atoms with van der Waals surface area (Å²) in [6.07, 6.45) is 3.09. The van der Waals surface area contributed by atoms with E-state index in [1.54, 1.807) is 0 Å². The molecular formula is C18H26ClNO. The molecule has 116 valence electrons. The Balaban J connectivity index is 0.00000220. The zero-order chi connectivity index (χ0) is 14.4. The molecule has 2 nitrogen and oxygen atoms in total. The molecule has 1 aliphatic heterocycles. The first-order chi connectivity index (χ1) is 9.63. The molecule has 0 aromatic heterocycles. The second-order valence-corrected chi connectivity index (χ2v) is 5.96. The molecule has 1 heterocycles. The third-order valence-corrected chi connectivity index (χ3v) is 4.21. The van der Waals surface area contributed by atoms with Gasteiger partial charge in [-0.05, 0) is 37.4 Å². The van der Waals surface area contributed by atoms with Crippen LogP contribution >= 0.6 is 12.4 Å². The Labute approximate surface area is 135 Å². The number of benzene rings is 1. The Hall–Kier alpha value is -1.01. The number of hydrogen-bond acceptors (Lipinski definition) is 2. The zero-order valence-corrected chi connectivity index (χ0v) is 13.8. The molecule has 1 unspecified atom stereocenters. The van der Waals surface area contributed by atoms with Crippen molar-refractivity contribution in [1.29, 1.82) is 0 Å². The van der Waals surface area contributed by atoms with Crippen LogP contribution < -0.4 is 0 Å². The summed E-state index contributed by atoms with van der Waals surface area (Å²) in [6, 6.07) is 9.90. The Morgan fingerprint density at radius 2 is 1.76 bits per heavy atom. The minimum absolute atomic E-state index is 0. The highest BCUT2D eigenvalue weighted by Crippen LogP contribution is 2.32. The molecule has 1 aromatic carbocycles. The predicted octanol–water partition coefficient (Wildman–Crippen LogP) is 3.44. The van der Waals surface area contributed by atoms with E-state index < -0.39 is 5.60 Å². The van der Waals surface area contributed by atoms with Crippen LogP contribution in [0.15, 0.2) is 30.3 Å². The lowest BCUT2D eigenvalue weighted by atomic mass is 9.81. The van der Waals surface area contributed by atoms with Crippen molar-refractivity contribution in [2.45, 2.75) is 38.7 Å². The summed E-state index contributed by atoms with van der Waals surface area (Å²) in [7, 11) is 0. The van der Waals surface area contributed by atoms with Gasteiger partial charge in [0.2, 0.25) is 0 Å². The standard InChI is InChI=1S/C18H25NO.ClH/c1-16(2)18(20,17-10-4-3-5-11-17)12-6-7-13-19-14-8-9-15-19;/h3-5,10-11,16,20H,8-9,12-15H2,1-2H3;1H. The van der Waals surface area contributed by atoms with Gasteiger partial charge in [-0.15, -0.1) is 12.4 Å². The van der Waals surface area contributed by atoms with Crippen molar-refractivity contribution in [3.05, 3.63) is 35.9 Å². The fraction of sp³-hybridized carbons (Fsp3) is 0.556. The topological polar surface area (TPSA) is 23.5 Å². The number of likely N-dealkylation sites (tertiary alicyclic amines) is 1. The molecule has 3 heteroatoms. The first kappa shape index (κ1) is 18.0. The molecule has 1 fully saturated rings. The van der Waals surface area contributed by atoms with Crippen molar-refractivity contribution in [1.82, 2.24) is 4.90 Å². The number of hydrogen-bond donors (Lipinski definition) is 1. The van der Waals surface area contributed by atoms with E-state index in [4.69, 9.17) is 0 Å². The van der Waals surface area contributed by atoms with Crippen LogP contribution in [0.2, 0.25) is 0 Å². The highest BCUT2D eigenvalue weighted by Gasteiger charge is 2.31. The second kappa shape index (κ2) is 8.44. The molecule has 1 aromatic rings. The lowest BCUT2D eigenvalue weighted by molar-refractivity contribution is -0.00532. The number of halogens is 1. The van der Waals surface area contributed by atoms with Gasteiger partial charge in [-0.3, -0.25) is 4.90 Å². The van der Waals surface area contributed by atoms with E-state index in [2.05, 4.69) is 30.6 Å². The SMILES string of the molecule is CC(C)C(O)(CC#CCN1CCCC1)c1ccccc1.Cl. The summed E-state index contributed by atoms with van der Waals surface area (Å²) in [4.78, 5) is 2.38. The minimum Gasteiger partial charge on any atom is -0.384 e. The number of aliphatic hydroxyl groups is 1. The zero-order valence-electron chi connectivity index (χ0n) is 13.0. The van der Waals surface area contributed by atoms with Gasteiger partial charge >= 0.3 is 0 Å². The predicted molar refractivity (Wildman–Crippen MR) is 90.5 cm³/mol. The summed E-state index contributed by atoms with van der Waals surface area (Å²) in [5.74, 6) is 6.56. The lowest BCUT2D eigenvalue weighted by Gasteiger charge is -2.31. The molecule has 2 rings (SSSR count). The van der Waals surface area contributed by atoms with Gasteiger partial charge in [-0.2, -0.15) is 0 Å². The Morgan fingerprint density at radius 1 is 1.14 bits per heavy atom. The van der Waals surface area contributed by atoms with Gasteiger partial charge in [0.25, 0.3) is 0 Å². The molecule has 0 aliphatic carbocycles. The van der Waals surface area contributed by atoms with Gasteiger partial charge < -0.3 is 5.11 Å². The average Bonchev–Trinajstić information content (AvgIpc) is 2.97. The average molecular weight is 308 g/mol. The summed E-state index contributed by atoms with van der Waals surface area (Å²) < 4.78 is 0. The van der Waals surface area contributed by atoms with Crippen molar-refractivity contribution in [3.63, 3.8) is 0 Å². The molecule has 0 amide bonds.